The molecule has 1 saturated heterocycles. The Bertz CT molecular complexity index is 139. The van der Waals surface area contributed by atoms with E-state index in [1.54, 1.807) is 0 Å². The fourth-order valence-corrected chi connectivity index (χ4v) is 2.18. The maximum absolute atomic E-state index is 5.70. The van der Waals surface area contributed by atoms with E-state index in [0.717, 1.165) is 19.1 Å². The van der Waals surface area contributed by atoms with E-state index in [9.17, 15) is 0 Å². The van der Waals surface area contributed by atoms with Crippen LogP contribution in [0.1, 0.15) is 40.5 Å². The summed E-state index contributed by atoms with van der Waals surface area (Å²) in [7, 11) is 0. The van der Waals surface area contributed by atoms with Crippen LogP contribution < -0.4 is 0 Å². The molecular formula is C11H23NO. The zero-order valence-electron chi connectivity index (χ0n) is 9.42. The molecule has 0 aromatic carbocycles. The van der Waals surface area contributed by atoms with Gasteiger partial charge in [-0.2, -0.15) is 0 Å². The lowest BCUT2D eigenvalue weighted by atomic mass is 10.1. The molecule has 0 N–H and O–H groups in total. The Balaban J connectivity index is 2.40. The van der Waals surface area contributed by atoms with Crippen molar-refractivity contribution in [1.82, 2.24) is 4.90 Å². The molecule has 0 bridgehead atoms. The first-order valence-corrected chi connectivity index (χ1v) is 5.53. The van der Waals surface area contributed by atoms with Crippen LogP contribution in [0.25, 0.3) is 0 Å². The van der Waals surface area contributed by atoms with Gasteiger partial charge in [0.05, 0.1) is 12.2 Å². The molecule has 0 aromatic heterocycles. The van der Waals surface area contributed by atoms with Crippen molar-refractivity contribution in [3.8, 4) is 0 Å². The summed E-state index contributed by atoms with van der Waals surface area (Å²) < 4.78 is 5.70. The van der Waals surface area contributed by atoms with Crippen molar-refractivity contribution >= 4 is 0 Å². The first kappa shape index (κ1) is 11.0. The fraction of sp³-hybridized carbons (Fsp3) is 1.00. The van der Waals surface area contributed by atoms with Gasteiger partial charge in [0.2, 0.25) is 0 Å². The maximum Gasteiger partial charge on any atom is 0.0678 e. The summed E-state index contributed by atoms with van der Waals surface area (Å²) in [6, 6.07) is 0.721. The quantitative estimate of drug-likeness (QED) is 0.669. The van der Waals surface area contributed by atoms with Gasteiger partial charge in [0.25, 0.3) is 0 Å². The Morgan fingerprint density at radius 1 is 1.31 bits per heavy atom. The highest BCUT2D eigenvalue weighted by Crippen LogP contribution is 2.15. The number of ether oxygens (including phenoxy) is 1. The van der Waals surface area contributed by atoms with Crippen molar-refractivity contribution in [3.63, 3.8) is 0 Å². The highest BCUT2D eigenvalue weighted by Gasteiger charge is 2.24. The molecule has 0 amide bonds. The van der Waals surface area contributed by atoms with Crippen LogP contribution in [0.4, 0.5) is 0 Å². The van der Waals surface area contributed by atoms with Gasteiger partial charge in [-0.1, -0.05) is 13.3 Å². The van der Waals surface area contributed by atoms with E-state index >= 15 is 0 Å². The highest BCUT2D eigenvalue weighted by molar-refractivity contribution is 4.77. The fourth-order valence-electron chi connectivity index (χ4n) is 2.18. The minimum absolute atomic E-state index is 0.406. The largest absolute Gasteiger partial charge is 0.373 e. The van der Waals surface area contributed by atoms with E-state index in [0.29, 0.717) is 12.2 Å². The van der Waals surface area contributed by atoms with Crippen molar-refractivity contribution < 1.29 is 4.74 Å². The Labute approximate surface area is 82.3 Å². The summed E-state index contributed by atoms with van der Waals surface area (Å²) in [5.41, 5.74) is 0. The van der Waals surface area contributed by atoms with Crippen LogP contribution in [0.15, 0.2) is 0 Å². The zero-order chi connectivity index (χ0) is 9.84. The van der Waals surface area contributed by atoms with Crippen LogP contribution in [0, 0.1) is 0 Å². The second-order valence-corrected chi connectivity index (χ2v) is 4.35. The molecular weight excluding hydrogens is 162 g/mol. The van der Waals surface area contributed by atoms with Crippen molar-refractivity contribution in [2.45, 2.75) is 58.8 Å². The number of nitrogens with zero attached hydrogens (tertiary/aromatic N) is 1. The number of rotatable bonds is 3. The normalized spacial score (nSPS) is 33.2. The van der Waals surface area contributed by atoms with E-state index in [1.807, 2.05) is 0 Å². The van der Waals surface area contributed by atoms with Crippen LogP contribution in [-0.2, 0) is 4.74 Å². The average molecular weight is 185 g/mol. The molecule has 3 atom stereocenters. The van der Waals surface area contributed by atoms with Crippen LogP contribution in [0.2, 0.25) is 0 Å². The lowest BCUT2D eigenvalue weighted by Gasteiger charge is -2.38. The van der Waals surface area contributed by atoms with Crippen molar-refractivity contribution in [3.05, 3.63) is 0 Å². The highest BCUT2D eigenvalue weighted by atomic mass is 16.5. The van der Waals surface area contributed by atoms with E-state index in [-0.39, 0.29) is 0 Å². The molecule has 0 aliphatic carbocycles. The Kier molecular flexibility index (Phi) is 4.20. The van der Waals surface area contributed by atoms with Crippen LogP contribution in [0.5, 0.6) is 0 Å². The minimum Gasteiger partial charge on any atom is -0.373 e. The van der Waals surface area contributed by atoms with Crippen LogP contribution in [0.3, 0.4) is 0 Å². The van der Waals surface area contributed by atoms with Gasteiger partial charge in [-0.25, -0.2) is 0 Å². The SMILES string of the molecule is CCC[C@@H](C)N1C[C@@H](C)O[C@@H](C)C1. The molecule has 13 heavy (non-hydrogen) atoms. The maximum atomic E-state index is 5.70. The molecule has 0 spiro atoms. The van der Waals surface area contributed by atoms with Gasteiger partial charge < -0.3 is 4.74 Å². The van der Waals surface area contributed by atoms with Crippen LogP contribution >= 0.6 is 0 Å². The molecule has 0 radical (unpaired) electrons. The third-order valence-corrected chi connectivity index (χ3v) is 2.78. The second-order valence-electron chi connectivity index (χ2n) is 4.35. The third kappa shape index (κ3) is 3.28. The monoisotopic (exact) mass is 185 g/mol. The van der Waals surface area contributed by atoms with Gasteiger partial charge in [0, 0.05) is 19.1 Å². The smallest absolute Gasteiger partial charge is 0.0678 e. The standard InChI is InChI=1S/C11H23NO/c1-5-6-9(2)12-7-10(3)13-11(4)8-12/h9-11H,5-8H2,1-4H3/t9-,10-,11+/m1/s1. The van der Waals surface area contributed by atoms with E-state index < -0.39 is 0 Å². The summed E-state index contributed by atoms with van der Waals surface area (Å²) in [5.74, 6) is 0. The third-order valence-electron chi connectivity index (χ3n) is 2.78. The molecule has 1 rings (SSSR count). The number of hydrogen-bond acceptors (Lipinski definition) is 2. The second kappa shape index (κ2) is 4.97. The van der Waals surface area contributed by atoms with Crippen LogP contribution in [-0.4, -0.2) is 36.2 Å². The van der Waals surface area contributed by atoms with E-state index in [1.165, 1.54) is 12.8 Å². The zero-order valence-corrected chi connectivity index (χ0v) is 9.42. The molecule has 78 valence electrons. The first-order chi connectivity index (χ1) is 6.13. The topological polar surface area (TPSA) is 12.5 Å². The summed E-state index contributed by atoms with van der Waals surface area (Å²) >= 11 is 0. The molecule has 0 saturated carbocycles. The first-order valence-electron chi connectivity index (χ1n) is 5.53. The van der Waals surface area contributed by atoms with Gasteiger partial charge in [-0.3, -0.25) is 4.90 Å². The molecule has 1 aliphatic rings. The Morgan fingerprint density at radius 3 is 2.31 bits per heavy atom. The Hall–Kier alpha value is -0.0800. The van der Waals surface area contributed by atoms with Crippen molar-refractivity contribution in [1.29, 1.82) is 0 Å². The summed E-state index contributed by atoms with van der Waals surface area (Å²) in [4.78, 5) is 2.56. The van der Waals surface area contributed by atoms with Gasteiger partial charge in [0.1, 0.15) is 0 Å². The Morgan fingerprint density at radius 2 is 1.85 bits per heavy atom. The molecule has 1 heterocycles. The van der Waals surface area contributed by atoms with Gasteiger partial charge in [0.15, 0.2) is 0 Å². The lowest BCUT2D eigenvalue weighted by molar-refractivity contribution is -0.0791. The van der Waals surface area contributed by atoms with E-state index in [2.05, 4.69) is 32.6 Å². The van der Waals surface area contributed by atoms with Gasteiger partial charge >= 0.3 is 0 Å². The summed E-state index contributed by atoms with van der Waals surface area (Å²) in [6.45, 7) is 11.1. The molecule has 0 aromatic rings. The van der Waals surface area contributed by atoms with Gasteiger partial charge in [-0.15, -0.1) is 0 Å². The number of morpholine rings is 1. The molecule has 2 nitrogen and oxygen atoms in total. The molecule has 1 fully saturated rings. The lowest BCUT2D eigenvalue weighted by Crippen LogP contribution is -2.49. The summed E-state index contributed by atoms with van der Waals surface area (Å²) in [5, 5.41) is 0. The van der Waals surface area contributed by atoms with Crippen molar-refractivity contribution in [2.24, 2.45) is 0 Å². The molecule has 1 aliphatic heterocycles. The molecule has 0 unspecified atom stereocenters. The van der Waals surface area contributed by atoms with Crippen molar-refractivity contribution in [2.75, 3.05) is 13.1 Å². The molecule has 2 heteroatoms. The predicted molar refractivity (Wildman–Crippen MR) is 56.0 cm³/mol. The average Bonchev–Trinajstić information content (AvgIpc) is 2.03. The van der Waals surface area contributed by atoms with Gasteiger partial charge in [-0.05, 0) is 27.2 Å². The number of hydrogen-bond donors (Lipinski definition) is 0. The van der Waals surface area contributed by atoms with E-state index in [4.69, 9.17) is 4.74 Å². The minimum atomic E-state index is 0.406. The summed E-state index contributed by atoms with van der Waals surface area (Å²) in [6.07, 6.45) is 3.40. The predicted octanol–water partition coefficient (Wildman–Crippen LogP) is 2.28.